The number of hydrogen-bond acceptors (Lipinski definition) is 6. The number of nitrogens with zero attached hydrogens (tertiary/aromatic N) is 2. The van der Waals surface area contributed by atoms with Crippen molar-refractivity contribution in [1.29, 1.82) is 0 Å². The first kappa shape index (κ1) is 24.9. The maximum Gasteiger partial charge on any atom is 0.300 e. The second kappa shape index (κ2) is 9.94. The van der Waals surface area contributed by atoms with E-state index in [9.17, 15) is 14.7 Å². The smallest absolute Gasteiger partial charge is 0.300 e. The van der Waals surface area contributed by atoms with E-state index in [0.29, 0.717) is 28.3 Å². The van der Waals surface area contributed by atoms with Crippen LogP contribution < -0.4 is 19.3 Å². The summed E-state index contributed by atoms with van der Waals surface area (Å²) in [5.41, 5.74) is 2.61. The zero-order chi connectivity index (χ0) is 27.0. The van der Waals surface area contributed by atoms with Crippen LogP contribution in [-0.2, 0) is 9.59 Å². The van der Waals surface area contributed by atoms with E-state index >= 15 is 0 Å². The second-order valence-corrected chi connectivity index (χ2v) is 9.22. The van der Waals surface area contributed by atoms with Gasteiger partial charge < -0.3 is 19.5 Å². The van der Waals surface area contributed by atoms with Crippen molar-refractivity contribution in [2.24, 2.45) is 0 Å². The maximum absolute atomic E-state index is 13.6. The van der Waals surface area contributed by atoms with Crippen LogP contribution in [0.5, 0.6) is 11.5 Å². The number of anilines is 2. The Morgan fingerprint density at radius 1 is 0.842 bits per heavy atom. The van der Waals surface area contributed by atoms with Crippen molar-refractivity contribution < 1.29 is 24.2 Å². The number of ether oxygens (including phenoxy) is 2. The van der Waals surface area contributed by atoms with Gasteiger partial charge in [0.25, 0.3) is 11.7 Å². The fraction of sp³-hybridized carbons (Fsp3) is 0.161. The molecule has 38 heavy (non-hydrogen) atoms. The third-order valence-electron chi connectivity index (χ3n) is 6.86. The number of ketones is 1. The Morgan fingerprint density at radius 2 is 1.53 bits per heavy atom. The topological polar surface area (TPSA) is 79.3 Å². The standard InChI is InChI=1S/C31H28N2O5/c1-32(2)21-14-12-20(13-15-21)28-27(29(34)24-11-7-9-19-8-5-6-10-23(19)24)30(35)31(36)33(28)22-16-17-25(37-3)26(18-22)38-4/h5-18,28,34H,1-4H3/b29-27-. The van der Waals surface area contributed by atoms with Crippen molar-refractivity contribution in [3.8, 4) is 11.5 Å². The number of aliphatic hydroxyl groups excluding tert-OH is 1. The van der Waals surface area contributed by atoms with Gasteiger partial charge in [-0.1, -0.05) is 54.6 Å². The van der Waals surface area contributed by atoms with Crippen LogP contribution >= 0.6 is 0 Å². The molecule has 1 fully saturated rings. The van der Waals surface area contributed by atoms with E-state index in [2.05, 4.69) is 0 Å². The lowest BCUT2D eigenvalue weighted by molar-refractivity contribution is -0.132. The molecule has 1 heterocycles. The van der Waals surface area contributed by atoms with Crippen molar-refractivity contribution >= 4 is 39.6 Å². The largest absolute Gasteiger partial charge is 0.507 e. The van der Waals surface area contributed by atoms with E-state index in [0.717, 1.165) is 16.5 Å². The number of rotatable bonds is 6. The molecule has 0 radical (unpaired) electrons. The first-order valence-electron chi connectivity index (χ1n) is 12.1. The van der Waals surface area contributed by atoms with E-state index in [1.807, 2.05) is 79.7 Å². The highest BCUT2D eigenvalue weighted by Gasteiger charge is 2.47. The van der Waals surface area contributed by atoms with Gasteiger partial charge in [-0.2, -0.15) is 0 Å². The van der Waals surface area contributed by atoms with Crippen LogP contribution in [0.4, 0.5) is 11.4 Å². The van der Waals surface area contributed by atoms with Crippen LogP contribution in [0.3, 0.4) is 0 Å². The summed E-state index contributed by atoms with van der Waals surface area (Å²) in [4.78, 5) is 30.6. The number of hydrogen-bond donors (Lipinski definition) is 1. The highest BCUT2D eigenvalue weighted by molar-refractivity contribution is 6.51. The SMILES string of the molecule is COc1ccc(N2C(=O)C(=O)/C(=C(\O)c3cccc4ccccc34)C2c2ccc(N(C)C)cc2)cc1OC. The normalized spacial score (nSPS) is 16.6. The summed E-state index contributed by atoms with van der Waals surface area (Å²) in [6, 6.07) is 24.9. The first-order chi connectivity index (χ1) is 18.3. The van der Waals surface area contributed by atoms with E-state index in [1.165, 1.54) is 19.1 Å². The van der Waals surface area contributed by atoms with Gasteiger partial charge in [0.15, 0.2) is 11.5 Å². The maximum atomic E-state index is 13.6. The Morgan fingerprint density at radius 3 is 2.21 bits per heavy atom. The summed E-state index contributed by atoms with van der Waals surface area (Å²) < 4.78 is 10.8. The average Bonchev–Trinajstić information content (AvgIpc) is 3.21. The van der Waals surface area contributed by atoms with Crippen LogP contribution in [0.2, 0.25) is 0 Å². The molecule has 5 rings (SSSR count). The van der Waals surface area contributed by atoms with Gasteiger partial charge in [0.2, 0.25) is 0 Å². The van der Waals surface area contributed by atoms with Crippen molar-refractivity contribution in [3.05, 3.63) is 102 Å². The van der Waals surface area contributed by atoms with Crippen LogP contribution in [0.25, 0.3) is 16.5 Å². The predicted molar refractivity (Wildman–Crippen MR) is 149 cm³/mol. The van der Waals surface area contributed by atoms with Gasteiger partial charge >= 0.3 is 0 Å². The highest BCUT2D eigenvalue weighted by Crippen LogP contribution is 2.45. The Hall–Kier alpha value is -4.78. The van der Waals surface area contributed by atoms with E-state index in [4.69, 9.17) is 9.47 Å². The summed E-state index contributed by atoms with van der Waals surface area (Å²) in [5, 5.41) is 13.4. The monoisotopic (exact) mass is 508 g/mol. The van der Waals surface area contributed by atoms with Crippen molar-refractivity contribution in [3.63, 3.8) is 0 Å². The van der Waals surface area contributed by atoms with Gasteiger partial charge in [-0.15, -0.1) is 0 Å². The lowest BCUT2D eigenvalue weighted by Crippen LogP contribution is -2.29. The average molecular weight is 509 g/mol. The summed E-state index contributed by atoms with van der Waals surface area (Å²) >= 11 is 0. The van der Waals surface area contributed by atoms with E-state index in [-0.39, 0.29) is 11.3 Å². The molecule has 1 saturated heterocycles. The number of benzene rings is 4. The molecule has 1 amide bonds. The zero-order valence-electron chi connectivity index (χ0n) is 21.6. The van der Waals surface area contributed by atoms with E-state index in [1.54, 1.807) is 24.3 Å². The molecule has 0 saturated carbocycles. The number of methoxy groups -OCH3 is 2. The van der Waals surface area contributed by atoms with Gasteiger partial charge in [0.05, 0.1) is 25.8 Å². The third-order valence-corrected chi connectivity index (χ3v) is 6.86. The molecule has 0 aromatic heterocycles. The lowest BCUT2D eigenvalue weighted by atomic mass is 9.93. The van der Waals surface area contributed by atoms with Crippen molar-refractivity contribution in [2.75, 3.05) is 38.1 Å². The van der Waals surface area contributed by atoms with Crippen molar-refractivity contribution in [2.45, 2.75) is 6.04 Å². The number of fused-ring (bicyclic) bond motifs is 1. The number of Topliss-reactive ketones (excluding diaryl/α,β-unsaturated/α-hetero) is 1. The summed E-state index contributed by atoms with van der Waals surface area (Å²) in [5.74, 6) is -0.796. The van der Waals surface area contributed by atoms with Crippen LogP contribution in [-0.4, -0.2) is 45.1 Å². The molecule has 1 N–H and O–H groups in total. The summed E-state index contributed by atoms with van der Waals surface area (Å²) in [6.07, 6.45) is 0. The third kappa shape index (κ3) is 4.12. The Kier molecular flexibility index (Phi) is 6.51. The predicted octanol–water partition coefficient (Wildman–Crippen LogP) is 5.55. The van der Waals surface area contributed by atoms with Gasteiger partial charge in [0, 0.05) is 37.1 Å². The summed E-state index contributed by atoms with van der Waals surface area (Å²) in [7, 11) is 6.91. The fourth-order valence-corrected chi connectivity index (χ4v) is 4.92. The molecule has 1 aliphatic heterocycles. The van der Waals surface area contributed by atoms with Crippen LogP contribution in [0.15, 0.2) is 90.5 Å². The Balaban J connectivity index is 1.75. The molecule has 4 aromatic rings. The molecule has 7 nitrogen and oxygen atoms in total. The molecular weight excluding hydrogens is 480 g/mol. The quantitative estimate of drug-likeness (QED) is 0.209. The summed E-state index contributed by atoms with van der Waals surface area (Å²) in [6.45, 7) is 0. The second-order valence-electron chi connectivity index (χ2n) is 9.22. The molecule has 192 valence electrons. The Labute approximate surface area is 221 Å². The first-order valence-corrected chi connectivity index (χ1v) is 12.1. The van der Waals surface area contributed by atoms with Gasteiger partial charge in [0.1, 0.15) is 5.76 Å². The molecule has 1 atom stereocenters. The minimum Gasteiger partial charge on any atom is -0.507 e. The molecule has 0 spiro atoms. The number of amides is 1. The van der Waals surface area contributed by atoms with Gasteiger partial charge in [-0.3, -0.25) is 14.5 Å². The molecule has 4 aromatic carbocycles. The van der Waals surface area contributed by atoms with Gasteiger partial charge in [-0.05, 0) is 40.6 Å². The van der Waals surface area contributed by atoms with Crippen molar-refractivity contribution in [1.82, 2.24) is 0 Å². The van der Waals surface area contributed by atoms with Crippen LogP contribution in [0, 0.1) is 0 Å². The fourth-order valence-electron chi connectivity index (χ4n) is 4.92. The number of carbonyl (C=O) groups excluding carboxylic acids is 2. The molecule has 1 aliphatic rings. The highest BCUT2D eigenvalue weighted by atomic mass is 16.5. The zero-order valence-corrected chi connectivity index (χ0v) is 21.6. The van der Waals surface area contributed by atoms with Crippen LogP contribution in [0.1, 0.15) is 17.2 Å². The molecule has 0 aliphatic carbocycles. The van der Waals surface area contributed by atoms with E-state index < -0.39 is 17.7 Å². The minimum atomic E-state index is -0.858. The lowest BCUT2D eigenvalue weighted by Gasteiger charge is -2.26. The Bertz CT molecular complexity index is 1570. The molecular formula is C31H28N2O5. The molecule has 1 unspecified atom stereocenters. The number of aliphatic hydroxyl groups is 1. The number of carbonyl (C=O) groups is 2. The minimum absolute atomic E-state index is 0.0266. The molecule has 7 heteroatoms. The molecule has 0 bridgehead atoms. The van der Waals surface area contributed by atoms with Gasteiger partial charge in [-0.25, -0.2) is 0 Å².